The molecule has 8 aromatic rings. The lowest BCUT2D eigenvalue weighted by molar-refractivity contribution is 0.653. The molecule has 64 heavy (non-hydrogen) atoms. The molecule has 0 saturated carbocycles. The smallest absolute Gasteiger partial charge is 0.162 e. The van der Waals surface area contributed by atoms with Gasteiger partial charge in [0, 0.05) is 44.4 Å². The Hall–Kier alpha value is -6.01. The molecule has 0 radical (unpaired) electrons. The van der Waals surface area contributed by atoms with Gasteiger partial charge in [0.15, 0.2) is 17.5 Å². The standard InChI is InChI=1S/C50H48B9N5/c1-50(2)30-14-6-3-10-23(30)26-13-9-17-34(37(26)50)64-33-16-8-5-12-25(33)28-19-18-27-24-11-4-7-15-32(24)63(46(27)47(28)64)21-20-35-60-48(29-22-31(51)39(53)42(56)38(29)52)62-49(61-35)36-40(54)43(57)45(59)44(58)41(36)55/h3-8,10-16,18-22,38,42H,9,17,51-59H2,1-2H3. The van der Waals surface area contributed by atoms with Crippen molar-refractivity contribution >= 4 is 171 Å². The van der Waals surface area contributed by atoms with E-state index in [0.29, 0.717) is 11.6 Å². The second-order valence-electron chi connectivity index (χ2n) is 19.4. The predicted molar refractivity (Wildman–Crippen MR) is 300 cm³/mol. The van der Waals surface area contributed by atoms with E-state index in [1.165, 1.54) is 110 Å². The fourth-order valence-electron chi connectivity index (χ4n) is 11.7. The van der Waals surface area contributed by atoms with Gasteiger partial charge in [0.2, 0.25) is 0 Å². The van der Waals surface area contributed by atoms with Gasteiger partial charge >= 0.3 is 0 Å². The zero-order valence-corrected chi connectivity index (χ0v) is 39.2. The summed E-state index contributed by atoms with van der Waals surface area (Å²) in [5, 5.41) is 4.97. The third-order valence-electron chi connectivity index (χ3n) is 16.0. The molecule has 3 aliphatic rings. The SMILES string of the molecule is BC1=C(B)C(B)C(B)C(c2nc(C=Cn3c4ccccc4c4ccc5c6ccccc6n(C6=C7C(=CCC6)c6ccccc6C7(C)C)c5c43)nc(-c3c(B)c(B)c(B)c(B)c3B)n2)=C1. The molecule has 0 bridgehead atoms. The molecule has 5 nitrogen and oxygen atoms in total. The van der Waals surface area contributed by atoms with E-state index < -0.39 is 0 Å². The molecule has 2 atom stereocenters. The number of hydrogen-bond acceptors (Lipinski definition) is 3. The minimum absolute atomic E-state index is 0.147. The zero-order valence-electron chi connectivity index (χ0n) is 39.2. The van der Waals surface area contributed by atoms with E-state index in [1.54, 1.807) is 0 Å². The van der Waals surface area contributed by atoms with Crippen LogP contribution in [0.1, 0.15) is 49.5 Å². The average molecular weight is 816 g/mol. The fourth-order valence-corrected chi connectivity index (χ4v) is 11.7. The van der Waals surface area contributed by atoms with E-state index in [-0.39, 0.29) is 11.2 Å². The molecular formula is C50H48B9N5. The van der Waals surface area contributed by atoms with Crippen molar-refractivity contribution in [1.82, 2.24) is 24.1 Å². The topological polar surface area (TPSA) is 48.5 Å². The van der Waals surface area contributed by atoms with Crippen LogP contribution in [0.3, 0.4) is 0 Å². The number of rotatable bonds is 5. The zero-order chi connectivity index (χ0) is 44.5. The molecule has 0 amide bonds. The highest BCUT2D eigenvalue weighted by atomic mass is 15.1. The lowest BCUT2D eigenvalue weighted by Crippen LogP contribution is -2.55. The van der Waals surface area contributed by atoms with E-state index in [1.807, 2.05) is 0 Å². The molecule has 3 aromatic heterocycles. The average Bonchev–Trinajstić information content (AvgIpc) is 3.90. The monoisotopic (exact) mass is 817 g/mol. The number of aromatic nitrogens is 5. The van der Waals surface area contributed by atoms with Gasteiger partial charge in [-0.15, -0.1) is 21.9 Å². The molecule has 0 aliphatic heterocycles. The van der Waals surface area contributed by atoms with Crippen LogP contribution in [0, 0.1) is 0 Å². The van der Waals surface area contributed by atoms with Crippen LogP contribution in [0.5, 0.6) is 0 Å². The molecule has 3 aliphatic carbocycles. The summed E-state index contributed by atoms with van der Waals surface area (Å²) in [4.78, 5) is 16.1. The number of para-hydroxylation sites is 2. The minimum Gasteiger partial charge on any atom is -0.314 e. The van der Waals surface area contributed by atoms with Crippen LogP contribution in [0.25, 0.3) is 84.1 Å². The van der Waals surface area contributed by atoms with Crippen LogP contribution in [0.2, 0.25) is 11.6 Å². The lowest BCUT2D eigenvalue weighted by atomic mass is 9.52. The number of nitrogens with zero attached hydrogens (tertiary/aromatic N) is 5. The van der Waals surface area contributed by atoms with E-state index in [0.717, 1.165) is 35.6 Å². The van der Waals surface area contributed by atoms with Crippen LogP contribution < -0.4 is 27.3 Å². The summed E-state index contributed by atoms with van der Waals surface area (Å²) in [6, 6.07) is 31.6. The van der Waals surface area contributed by atoms with Gasteiger partial charge in [-0.25, -0.2) is 15.0 Å². The van der Waals surface area contributed by atoms with Crippen molar-refractivity contribution < 1.29 is 0 Å². The van der Waals surface area contributed by atoms with Crippen molar-refractivity contribution in [2.24, 2.45) is 0 Å². The van der Waals surface area contributed by atoms with E-state index >= 15 is 0 Å². The van der Waals surface area contributed by atoms with Gasteiger partial charge in [-0.3, -0.25) is 0 Å². The van der Waals surface area contributed by atoms with Gasteiger partial charge in [0.25, 0.3) is 0 Å². The second-order valence-corrected chi connectivity index (χ2v) is 19.4. The Morgan fingerprint density at radius 3 is 1.98 bits per heavy atom. The van der Waals surface area contributed by atoms with Crippen LogP contribution in [0.4, 0.5) is 0 Å². The second kappa shape index (κ2) is 14.8. The molecule has 0 fully saturated rings. The van der Waals surface area contributed by atoms with Gasteiger partial charge in [-0.1, -0.05) is 121 Å². The van der Waals surface area contributed by atoms with Crippen molar-refractivity contribution in [3.63, 3.8) is 0 Å². The Balaban J connectivity index is 1.20. The molecule has 14 heteroatoms. The number of fused-ring (bicyclic) bond motifs is 10. The maximum Gasteiger partial charge on any atom is 0.162 e. The summed E-state index contributed by atoms with van der Waals surface area (Å²) in [7, 11) is 20.3. The van der Waals surface area contributed by atoms with Crippen LogP contribution in [-0.2, 0) is 5.41 Å². The van der Waals surface area contributed by atoms with Gasteiger partial charge in [0.1, 0.15) is 70.6 Å². The molecule has 2 unspecified atom stereocenters. The Morgan fingerprint density at radius 1 is 0.641 bits per heavy atom. The van der Waals surface area contributed by atoms with Crippen LogP contribution in [0.15, 0.2) is 114 Å². The molecule has 0 spiro atoms. The normalized spacial score (nSPS) is 18.4. The lowest BCUT2D eigenvalue weighted by Gasteiger charge is -2.30. The molecule has 300 valence electrons. The van der Waals surface area contributed by atoms with Gasteiger partial charge < -0.3 is 9.13 Å². The Kier molecular flexibility index (Phi) is 9.40. The van der Waals surface area contributed by atoms with Crippen LogP contribution >= 0.6 is 0 Å². The van der Waals surface area contributed by atoms with E-state index in [9.17, 15) is 0 Å². The molecule has 11 rings (SSSR count). The molecule has 5 aromatic carbocycles. The molecular weight excluding hydrogens is 768 g/mol. The summed E-state index contributed by atoms with van der Waals surface area (Å²) in [5.74, 6) is 2.78. The van der Waals surface area contributed by atoms with Crippen LogP contribution in [-0.4, -0.2) is 94.7 Å². The van der Waals surface area contributed by atoms with Gasteiger partial charge in [-0.05, 0) is 64.7 Å². The van der Waals surface area contributed by atoms with Crippen molar-refractivity contribution in [3.05, 3.63) is 136 Å². The summed E-state index contributed by atoms with van der Waals surface area (Å²) >= 11 is 0. The van der Waals surface area contributed by atoms with Gasteiger partial charge in [-0.2, -0.15) is 0 Å². The quantitative estimate of drug-likeness (QED) is 0.226. The highest BCUT2D eigenvalue weighted by Crippen LogP contribution is 2.55. The fraction of sp³-hybridized carbons (Fsp3) is 0.140. The first-order valence-electron chi connectivity index (χ1n) is 23.2. The summed E-state index contributed by atoms with van der Waals surface area (Å²) < 4.78 is 5.04. The largest absolute Gasteiger partial charge is 0.314 e. The van der Waals surface area contributed by atoms with E-state index in [4.69, 9.17) is 15.0 Å². The highest BCUT2D eigenvalue weighted by molar-refractivity contribution is 6.68. The first-order valence-corrected chi connectivity index (χ1v) is 23.2. The third kappa shape index (κ3) is 5.79. The summed E-state index contributed by atoms with van der Waals surface area (Å²) in [6.45, 7) is 4.83. The summed E-state index contributed by atoms with van der Waals surface area (Å²) in [6.07, 6.45) is 11.1. The van der Waals surface area contributed by atoms with Gasteiger partial charge in [0.05, 0.1) is 22.1 Å². The number of allylic oxidation sites excluding steroid dienone is 8. The third-order valence-corrected chi connectivity index (χ3v) is 16.0. The molecule has 3 heterocycles. The van der Waals surface area contributed by atoms with Crippen molar-refractivity contribution in [2.75, 3.05) is 0 Å². The molecule has 0 saturated heterocycles. The Morgan fingerprint density at radius 2 is 1.25 bits per heavy atom. The minimum atomic E-state index is -0.147. The Labute approximate surface area is 384 Å². The highest BCUT2D eigenvalue weighted by Gasteiger charge is 2.42. The number of hydrogen-bond donors (Lipinski definition) is 0. The van der Waals surface area contributed by atoms with Crippen molar-refractivity contribution in [3.8, 4) is 11.4 Å². The molecule has 0 N–H and O–H groups in total. The maximum atomic E-state index is 5.36. The van der Waals surface area contributed by atoms with Crippen molar-refractivity contribution in [1.29, 1.82) is 0 Å². The first-order chi connectivity index (χ1) is 30.8. The number of benzene rings is 5. The predicted octanol–water partition coefficient (Wildman–Crippen LogP) is -0.228. The Bertz CT molecular complexity index is 3520. The maximum absolute atomic E-state index is 5.36. The summed E-state index contributed by atoms with van der Waals surface area (Å²) in [5.41, 5.74) is 23.0. The first kappa shape index (κ1) is 40.7. The van der Waals surface area contributed by atoms with E-state index in [2.05, 4.69) is 203 Å². The van der Waals surface area contributed by atoms with Crippen molar-refractivity contribution in [2.45, 2.75) is 43.7 Å².